The van der Waals surface area contributed by atoms with Crippen LogP contribution in [0.15, 0.2) is 29.6 Å². The second-order valence-electron chi connectivity index (χ2n) is 4.99. The Bertz CT molecular complexity index is 755. The Morgan fingerprint density at radius 2 is 1.96 bits per heavy atom. The van der Waals surface area contributed by atoms with Crippen LogP contribution in [0.25, 0.3) is 10.6 Å². The van der Waals surface area contributed by atoms with Crippen molar-refractivity contribution in [3.05, 3.63) is 40.9 Å². The Hall–Kier alpha value is -2.74. The van der Waals surface area contributed by atoms with Crippen LogP contribution in [0.5, 0.6) is 0 Å². The summed E-state index contributed by atoms with van der Waals surface area (Å²) in [5, 5.41) is 4.09. The largest absolute Gasteiger partial charge is 0.448 e. The molecule has 0 unspecified atom stereocenters. The number of nitrogens with zero attached hydrogens (tertiary/aromatic N) is 1. The highest BCUT2D eigenvalue weighted by Gasteiger charge is 2.21. The number of nitrogens with one attached hydrogen (secondary N) is 1. The lowest BCUT2D eigenvalue weighted by molar-refractivity contribution is -0.127. The number of nitrogens with two attached hydrogens (primary N) is 1. The summed E-state index contributed by atoms with van der Waals surface area (Å²) in [6, 6.07) is 6.89. The third kappa shape index (κ3) is 4.39. The number of hydrogen-bond donors (Lipinski definition) is 2. The first-order valence-corrected chi connectivity index (χ1v) is 8.14. The molecule has 2 rings (SSSR count). The molecule has 0 saturated carbocycles. The number of ether oxygens (including phenoxy) is 1. The van der Waals surface area contributed by atoms with Gasteiger partial charge in [-0.1, -0.05) is 31.2 Å². The maximum atomic E-state index is 12.0. The minimum absolute atomic E-state index is 0.105. The van der Waals surface area contributed by atoms with Gasteiger partial charge in [0.1, 0.15) is 5.01 Å². The van der Waals surface area contributed by atoms with Crippen molar-refractivity contribution in [2.45, 2.75) is 26.4 Å². The van der Waals surface area contributed by atoms with Crippen LogP contribution in [0.4, 0.5) is 4.79 Å². The van der Waals surface area contributed by atoms with Gasteiger partial charge in [0.25, 0.3) is 5.91 Å². The standard InChI is InChI=1S/C16H17N3O4S/c1-3-10-4-6-11(7-5-10)14-18-12(8-24-14)15(21)23-9(2)13(20)19-16(17)22/h4-9H,3H2,1-2H3,(H3,17,19,20,22)/t9-/m0/s1. The Kier molecular flexibility index (Phi) is 5.64. The van der Waals surface area contributed by atoms with Crippen molar-refractivity contribution < 1.29 is 19.1 Å². The van der Waals surface area contributed by atoms with E-state index in [9.17, 15) is 14.4 Å². The first-order valence-electron chi connectivity index (χ1n) is 7.26. The first-order chi connectivity index (χ1) is 11.4. The van der Waals surface area contributed by atoms with E-state index in [1.807, 2.05) is 29.6 Å². The molecule has 7 nitrogen and oxygen atoms in total. The lowest BCUT2D eigenvalue weighted by atomic mass is 10.1. The predicted molar refractivity (Wildman–Crippen MR) is 89.5 cm³/mol. The Labute approximate surface area is 142 Å². The van der Waals surface area contributed by atoms with Crippen LogP contribution in [0.3, 0.4) is 0 Å². The van der Waals surface area contributed by atoms with Crippen LogP contribution < -0.4 is 11.1 Å². The minimum atomic E-state index is -1.15. The lowest BCUT2D eigenvalue weighted by Crippen LogP contribution is -2.42. The fraction of sp³-hybridized carbons (Fsp3) is 0.250. The van der Waals surface area contributed by atoms with Gasteiger partial charge in [-0.05, 0) is 18.9 Å². The smallest absolute Gasteiger partial charge is 0.358 e. The van der Waals surface area contributed by atoms with Crippen molar-refractivity contribution in [1.82, 2.24) is 10.3 Å². The van der Waals surface area contributed by atoms with Crippen LogP contribution in [0.1, 0.15) is 29.9 Å². The molecule has 0 aliphatic heterocycles. The molecule has 0 bridgehead atoms. The summed E-state index contributed by atoms with van der Waals surface area (Å²) in [6.07, 6.45) is -0.208. The number of carbonyl (C=O) groups is 3. The molecular formula is C16H17N3O4S. The minimum Gasteiger partial charge on any atom is -0.448 e. The van der Waals surface area contributed by atoms with E-state index in [1.54, 1.807) is 5.38 Å². The molecule has 0 fully saturated rings. The SMILES string of the molecule is CCc1ccc(-c2nc(C(=O)O[C@@H](C)C(=O)NC(N)=O)cs2)cc1. The number of rotatable bonds is 5. The van der Waals surface area contributed by atoms with Gasteiger partial charge >= 0.3 is 12.0 Å². The molecule has 8 heteroatoms. The summed E-state index contributed by atoms with van der Waals surface area (Å²) >= 11 is 1.30. The molecule has 1 heterocycles. The molecule has 0 saturated heterocycles. The van der Waals surface area contributed by atoms with Crippen molar-refractivity contribution in [3.8, 4) is 10.6 Å². The fourth-order valence-corrected chi connectivity index (χ4v) is 2.68. The Morgan fingerprint density at radius 3 is 2.54 bits per heavy atom. The second kappa shape index (κ2) is 7.69. The van der Waals surface area contributed by atoms with E-state index >= 15 is 0 Å². The van der Waals surface area contributed by atoms with Gasteiger partial charge in [0.05, 0.1) is 0 Å². The van der Waals surface area contributed by atoms with E-state index in [4.69, 9.17) is 10.5 Å². The summed E-state index contributed by atoms with van der Waals surface area (Å²) in [4.78, 5) is 38.4. The zero-order valence-electron chi connectivity index (χ0n) is 13.2. The number of aryl methyl sites for hydroxylation is 1. The van der Waals surface area contributed by atoms with Crippen LogP contribution in [-0.4, -0.2) is 29.0 Å². The highest BCUT2D eigenvalue weighted by atomic mass is 32.1. The number of primary amides is 1. The summed E-state index contributed by atoms with van der Waals surface area (Å²) in [7, 11) is 0. The molecule has 3 N–H and O–H groups in total. The number of amides is 3. The summed E-state index contributed by atoms with van der Waals surface area (Å²) in [6.45, 7) is 3.41. The predicted octanol–water partition coefficient (Wildman–Crippen LogP) is 2.11. The number of thiazole rings is 1. The normalized spacial score (nSPS) is 11.6. The molecule has 0 radical (unpaired) electrons. The number of imide groups is 1. The number of aromatic nitrogens is 1. The van der Waals surface area contributed by atoms with E-state index in [0.717, 1.165) is 12.0 Å². The third-order valence-corrected chi connectivity index (χ3v) is 4.11. The van der Waals surface area contributed by atoms with E-state index < -0.39 is 24.0 Å². The number of benzene rings is 1. The highest BCUT2D eigenvalue weighted by Crippen LogP contribution is 2.24. The van der Waals surface area contributed by atoms with Gasteiger partial charge in [0.15, 0.2) is 11.8 Å². The molecule has 24 heavy (non-hydrogen) atoms. The average molecular weight is 347 g/mol. The van der Waals surface area contributed by atoms with Gasteiger partial charge < -0.3 is 10.5 Å². The number of urea groups is 1. The van der Waals surface area contributed by atoms with Gasteiger partial charge in [0.2, 0.25) is 0 Å². The summed E-state index contributed by atoms with van der Waals surface area (Å²) in [5.41, 5.74) is 7.06. The van der Waals surface area contributed by atoms with Crippen LogP contribution in [0, 0.1) is 0 Å². The van der Waals surface area contributed by atoms with E-state index in [2.05, 4.69) is 11.9 Å². The second-order valence-corrected chi connectivity index (χ2v) is 5.85. The van der Waals surface area contributed by atoms with Gasteiger partial charge in [-0.15, -0.1) is 11.3 Å². The monoisotopic (exact) mass is 347 g/mol. The molecule has 1 aromatic carbocycles. The Morgan fingerprint density at radius 1 is 1.29 bits per heavy atom. The van der Waals surface area contributed by atoms with E-state index in [0.29, 0.717) is 5.01 Å². The first kappa shape index (κ1) is 17.6. The van der Waals surface area contributed by atoms with E-state index in [1.165, 1.54) is 23.8 Å². The van der Waals surface area contributed by atoms with Crippen LogP contribution in [-0.2, 0) is 16.0 Å². The average Bonchev–Trinajstić information content (AvgIpc) is 3.04. The van der Waals surface area contributed by atoms with Crippen molar-refractivity contribution >= 4 is 29.2 Å². The summed E-state index contributed by atoms with van der Waals surface area (Å²) < 4.78 is 4.97. The zero-order valence-corrected chi connectivity index (χ0v) is 14.1. The van der Waals surface area contributed by atoms with Crippen molar-refractivity contribution in [3.63, 3.8) is 0 Å². The molecule has 1 atom stereocenters. The van der Waals surface area contributed by atoms with Crippen molar-refractivity contribution in [1.29, 1.82) is 0 Å². The van der Waals surface area contributed by atoms with Crippen molar-refractivity contribution in [2.75, 3.05) is 0 Å². The number of hydrogen-bond acceptors (Lipinski definition) is 6. The molecule has 0 spiro atoms. The molecule has 0 aliphatic carbocycles. The maximum Gasteiger partial charge on any atom is 0.358 e. The maximum absolute atomic E-state index is 12.0. The topological polar surface area (TPSA) is 111 Å². The fourth-order valence-electron chi connectivity index (χ4n) is 1.88. The molecule has 3 amide bonds. The summed E-state index contributed by atoms with van der Waals surface area (Å²) in [5.74, 6) is -1.53. The molecule has 126 valence electrons. The Balaban J connectivity index is 2.05. The molecule has 1 aromatic heterocycles. The zero-order chi connectivity index (χ0) is 17.7. The van der Waals surface area contributed by atoms with Crippen LogP contribution in [0.2, 0.25) is 0 Å². The van der Waals surface area contributed by atoms with Gasteiger partial charge in [0, 0.05) is 10.9 Å². The van der Waals surface area contributed by atoms with Gasteiger partial charge in [-0.25, -0.2) is 14.6 Å². The number of esters is 1. The third-order valence-electron chi connectivity index (χ3n) is 3.22. The number of carbonyl (C=O) groups excluding carboxylic acids is 3. The van der Waals surface area contributed by atoms with Gasteiger partial charge in [-0.2, -0.15) is 0 Å². The highest BCUT2D eigenvalue weighted by molar-refractivity contribution is 7.13. The van der Waals surface area contributed by atoms with Crippen molar-refractivity contribution in [2.24, 2.45) is 5.73 Å². The lowest BCUT2D eigenvalue weighted by Gasteiger charge is -2.10. The van der Waals surface area contributed by atoms with Crippen LogP contribution >= 0.6 is 11.3 Å². The molecule has 2 aromatic rings. The molecular weight excluding hydrogens is 330 g/mol. The quantitative estimate of drug-likeness (QED) is 0.805. The molecule has 0 aliphatic rings. The van der Waals surface area contributed by atoms with E-state index in [-0.39, 0.29) is 5.69 Å². The van der Waals surface area contributed by atoms with Gasteiger partial charge in [-0.3, -0.25) is 10.1 Å².